The second-order valence-electron chi connectivity index (χ2n) is 6.52. The molecule has 0 saturated carbocycles. The lowest BCUT2D eigenvalue weighted by atomic mass is 10.2. The molecule has 0 bridgehead atoms. The van der Waals surface area contributed by atoms with Gasteiger partial charge in [-0.1, -0.05) is 24.3 Å². The van der Waals surface area contributed by atoms with Crippen LogP contribution in [0, 0.1) is 0 Å². The summed E-state index contributed by atoms with van der Waals surface area (Å²) in [5.74, 6) is -2.36. The zero-order valence-corrected chi connectivity index (χ0v) is 17.8. The third kappa shape index (κ3) is 9.47. The molecule has 0 aliphatic carbocycles. The number of para-hydroxylation sites is 1. The average Bonchev–Trinajstić information content (AvgIpc) is 2.75. The monoisotopic (exact) mass is 461 g/mol. The lowest BCUT2D eigenvalue weighted by molar-refractivity contribution is -0.138. The maximum Gasteiger partial charge on any atom is 0.322 e. The molecule has 11 heteroatoms. The number of carbonyl (C=O) groups is 4. The van der Waals surface area contributed by atoms with Crippen molar-refractivity contribution in [2.45, 2.75) is 30.3 Å². The van der Waals surface area contributed by atoms with Gasteiger partial charge in [0.05, 0.1) is 0 Å². The smallest absolute Gasteiger partial charge is 0.322 e. The van der Waals surface area contributed by atoms with Crippen LogP contribution in [0.2, 0.25) is 0 Å². The number of thioether (sulfide) groups is 1. The van der Waals surface area contributed by atoms with E-state index in [-0.39, 0.29) is 25.0 Å². The number of carbonyl (C=O) groups excluding carboxylic acids is 2. The van der Waals surface area contributed by atoms with Crippen molar-refractivity contribution in [1.82, 2.24) is 15.6 Å². The molecule has 1 aromatic heterocycles. The van der Waals surface area contributed by atoms with Crippen LogP contribution in [0.4, 0.5) is 0 Å². The molecule has 32 heavy (non-hydrogen) atoms. The molecule has 1 unspecified atom stereocenters. The third-order valence-corrected chi connectivity index (χ3v) is 4.94. The molecular formula is C21H23N3O7S. The minimum Gasteiger partial charge on any atom is -0.481 e. The van der Waals surface area contributed by atoms with E-state index in [9.17, 15) is 19.2 Å². The van der Waals surface area contributed by atoms with E-state index >= 15 is 0 Å². The van der Waals surface area contributed by atoms with Crippen molar-refractivity contribution in [2.24, 2.45) is 0 Å². The molecule has 2 amide bonds. The number of nitrogens with one attached hydrogen (secondary N) is 2. The Balaban J connectivity index is 1.99. The van der Waals surface area contributed by atoms with Crippen LogP contribution in [0.3, 0.4) is 0 Å². The quantitative estimate of drug-likeness (QED) is 0.327. The highest BCUT2D eigenvalue weighted by Gasteiger charge is 2.22. The van der Waals surface area contributed by atoms with E-state index in [1.165, 1.54) is 11.8 Å². The second-order valence-corrected chi connectivity index (χ2v) is 7.56. The minimum atomic E-state index is -1.22. The Hall–Kier alpha value is -3.60. The zero-order chi connectivity index (χ0) is 23.3. The minimum absolute atomic E-state index is 0.0711. The van der Waals surface area contributed by atoms with E-state index in [4.69, 9.17) is 14.9 Å². The number of benzene rings is 1. The predicted octanol–water partition coefficient (Wildman–Crippen LogP) is 1.91. The highest BCUT2D eigenvalue weighted by molar-refractivity contribution is 7.99. The summed E-state index contributed by atoms with van der Waals surface area (Å²) < 4.78 is 5.68. The number of pyridine rings is 1. The van der Waals surface area contributed by atoms with Gasteiger partial charge in [0.15, 0.2) is 0 Å². The van der Waals surface area contributed by atoms with Gasteiger partial charge < -0.3 is 25.6 Å². The van der Waals surface area contributed by atoms with E-state index < -0.39 is 36.3 Å². The van der Waals surface area contributed by atoms with Crippen molar-refractivity contribution in [1.29, 1.82) is 0 Å². The normalized spacial score (nSPS) is 11.2. The van der Waals surface area contributed by atoms with Gasteiger partial charge in [-0.25, -0.2) is 4.98 Å². The number of carboxylic acid groups (broad SMARTS) is 2. The number of rotatable bonds is 13. The topological polar surface area (TPSA) is 155 Å². The van der Waals surface area contributed by atoms with E-state index in [2.05, 4.69) is 15.6 Å². The first-order valence-electron chi connectivity index (χ1n) is 9.67. The van der Waals surface area contributed by atoms with Crippen molar-refractivity contribution < 1.29 is 34.1 Å². The number of carboxylic acids is 2. The van der Waals surface area contributed by atoms with Crippen molar-refractivity contribution in [3.8, 4) is 11.6 Å². The molecular weight excluding hydrogens is 438 g/mol. The predicted molar refractivity (Wildman–Crippen MR) is 116 cm³/mol. The van der Waals surface area contributed by atoms with Crippen LogP contribution in [0.1, 0.15) is 19.3 Å². The molecule has 1 atom stereocenters. The summed E-state index contributed by atoms with van der Waals surface area (Å²) in [7, 11) is 0. The Labute approximate surface area is 188 Å². The Bertz CT molecular complexity index is 940. The van der Waals surface area contributed by atoms with Gasteiger partial charge in [0.2, 0.25) is 17.7 Å². The molecule has 0 radical (unpaired) electrons. The summed E-state index contributed by atoms with van der Waals surface area (Å²) in [5, 5.41) is 22.7. The average molecular weight is 461 g/mol. The molecule has 1 aromatic carbocycles. The van der Waals surface area contributed by atoms with Crippen LogP contribution in [0.25, 0.3) is 0 Å². The fourth-order valence-electron chi connectivity index (χ4n) is 2.45. The second kappa shape index (κ2) is 13.0. The molecule has 1 heterocycles. The van der Waals surface area contributed by atoms with Crippen molar-refractivity contribution in [3.05, 3.63) is 48.5 Å². The molecule has 0 spiro atoms. The van der Waals surface area contributed by atoms with Crippen LogP contribution in [0.15, 0.2) is 53.6 Å². The third-order valence-electron chi connectivity index (χ3n) is 3.92. The zero-order valence-electron chi connectivity index (χ0n) is 17.0. The fraction of sp³-hybridized carbons (Fsp3) is 0.286. The first kappa shape index (κ1) is 24.7. The largest absolute Gasteiger partial charge is 0.481 e. The molecule has 10 nitrogen and oxygen atoms in total. The highest BCUT2D eigenvalue weighted by Crippen LogP contribution is 2.23. The Morgan fingerprint density at radius 3 is 2.41 bits per heavy atom. The number of aromatic nitrogens is 1. The summed E-state index contributed by atoms with van der Waals surface area (Å²) in [5.41, 5.74) is 0. The van der Waals surface area contributed by atoms with E-state index in [0.29, 0.717) is 16.7 Å². The number of hydrogen-bond acceptors (Lipinski definition) is 7. The molecule has 4 N–H and O–H groups in total. The molecule has 170 valence electrons. The summed E-state index contributed by atoms with van der Waals surface area (Å²) in [4.78, 5) is 50.1. The fourth-order valence-corrected chi connectivity index (χ4v) is 3.35. The maximum absolute atomic E-state index is 12.4. The summed E-state index contributed by atoms with van der Waals surface area (Å²) in [6, 6.07) is 13.2. The number of aliphatic carboxylic acids is 2. The van der Waals surface area contributed by atoms with Gasteiger partial charge >= 0.3 is 11.9 Å². The number of ether oxygens (including phenoxy) is 1. The summed E-state index contributed by atoms with van der Waals surface area (Å²) >= 11 is 1.18. The first-order chi connectivity index (χ1) is 15.3. The molecule has 0 saturated heterocycles. The van der Waals surface area contributed by atoms with Gasteiger partial charge in [-0.15, -0.1) is 11.8 Å². The molecule has 0 aliphatic heterocycles. The summed E-state index contributed by atoms with van der Waals surface area (Å²) in [6.45, 7) is -0.590. The molecule has 2 aromatic rings. The van der Waals surface area contributed by atoms with Gasteiger partial charge in [0.25, 0.3) is 0 Å². The molecule has 0 fully saturated rings. The number of hydrogen-bond donors (Lipinski definition) is 4. The lowest BCUT2D eigenvalue weighted by Gasteiger charge is -2.17. The van der Waals surface area contributed by atoms with Gasteiger partial charge in [-0.05, 0) is 24.6 Å². The van der Waals surface area contributed by atoms with Gasteiger partial charge in [-0.3, -0.25) is 19.2 Å². The SMILES string of the molecule is O=C(O)CCCC(=O)NC(CSc1cccc(Oc2ccccc2)n1)C(=O)NCC(=O)O. The van der Waals surface area contributed by atoms with Crippen LogP contribution >= 0.6 is 11.8 Å². The van der Waals surface area contributed by atoms with Crippen molar-refractivity contribution in [3.63, 3.8) is 0 Å². The van der Waals surface area contributed by atoms with E-state index in [1.807, 2.05) is 18.2 Å². The van der Waals surface area contributed by atoms with Gasteiger partial charge in [0, 0.05) is 24.7 Å². The van der Waals surface area contributed by atoms with Gasteiger partial charge in [-0.2, -0.15) is 0 Å². The van der Waals surface area contributed by atoms with Crippen LogP contribution < -0.4 is 15.4 Å². The van der Waals surface area contributed by atoms with Crippen molar-refractivity contribution >= 4 is 35.5 Å². The Morgan fingerprint density at radius 2 is 1.72 bits per heavy atom. The van der Waals surface area contributed by atoms with E-state index in [1.54, 1.807) is 30.3 Å². The van der Waals surface area contributed by atoms with Gasteiger partial charge in [0.1, 0.15) is 23.4 Å². The molecule has 0 aliphatic rings. The maximum atomic E-state index is 12.4. The highest BCUT2D eigenvalue weighted by atomic mass is 32.2. The van der Waals surface area contributed by atoms with Crippen LogP contribution in [-0.2, 0) is 19.2 Å². The Kier molecular flexibility index (Phi) is 9.98. The lowest BCUT2D eigenvalue weighted by Crippen LogP contribution is -2.49. The first-order valence-corrected chi connectivity index (χ1v) is 10.7. The number of nitrogens with zero attached hydrogens (tertiary/aromatic N) is 1. The Morgan fingerprint density at radius 1 is 0.969 bits per heavy atom. The standard InChI is InChI=1S/C21H23N3O7S/c25-16(8-4-11-19(26)27)23-15(21(30)22-12-20(28)29)13-32-18-10-5-9-17(24-18)31-14-6-2-1-3-7-14/h1-3,5-7,9-10,15H,4,8,11-13H2,(H,22,30)(H,23,25)(H,26,27)(H,28,29). The summed E-state index contributed by atoms with van der Waals surface area (Å²) in [6.07, 6.45) is -0.118. The van der Waals surface area contributed by atoms with Crippen LogP contribution in [-0.4, -0.2) is 57.3 Å². The van der Waals surface area contributed by atoms with Crippen molar-refractivity contribution in [2.75, 3.05) is 12.3 Å². The van der Waals surface area contributed by atoms with Crippen LogP contribution in [0.5, 0.6) is 11.6 Å². The molecule has 2 rings (SSSR count). The van der Waals surface area contributed by atoms with E-state index in [0.717, 1.165) is 0 Å². The number of amides is 2.